The Hall–Kier alpha value is -3.28. The first kappa shape index (κ1) is 20.0. The third-order valence-electron chi connectivity index (χ3n) is 5.56. The van der Waals surface area contributed by atoms with Crippen LogP contribution in [0.2, 0.25) is 0 Å². The van der Waals surface area contributed by atoms with Gasteiger partial charge >= 0.3 is 5.63 Å². The molecule has 3 aromatic rings. The van der Waals surface area contributed by atoms with Crippen LogP contribution in [0.5, 0.6) is 11.5 Å². The lowest BCUT2D eigenvalue weighted by Gasteiger charge is -2.32. The molecule has 156 valence electrons. The monoisotopic (exact) mass is 407 g/mol. The SMILES string of the molecule is COc1ccc(NC(=O)Cc2c(C)c3cc4c(cc3oc2=O)OC(C)(C)CC4)cc1. The Morgan fingerprint density at radius 3 is 2.63 bits per heavy atom. The van der Waals surface area contributed by atoms with Crippen LogP contribution in [0.1, 0.15) is 37.0 Å². The Bertz CT molecular complexity index is 1170. The largest absolute Gasteiger partial charge is 0.497 e. The lowest BCUT2D eigenvalue weighted by atomic mass is 9.92. The van der Waals surface area contributed by atoms with Crippen LogP contribution in [0.15, 0.2) is 45.6 Å². The Morgan fingerprint density at radius 1 is 1.20 bits per heavy atom. The summed E-state index contributed by atoms with van der Waals surface area (Å²) in [7, 11) is 1.58. The van der Waals surface area contributed by atoms with Crippen LogP contribution in [0.3, 0.4) is 0 Å². The third-order valence-corrected chi connectivity index (χ3v) is 5.56. The predicted molar refractivity (Wildman–Crippen MR) is 116 cm³/mol. The van der Waals surface area contributed by atoms with Gasteiger partial charge in [0.05, 0.1) is 19.1 Å². The maximum Gasteiger partial charge on any atom is 0.340 e. The van der Waals surface area contributed by atoms with Gasteiger partial charge in [-0.05, 0) is 75.1 Å². The highest BCUT2D eigenvalue weighted by Gasteiger charge is 2.27. The molecule has 0 fully saturated rings. The van der Waals surface area contributed by atoms with Crippen LogP contribution >= 0.6 is 0 Å². The number of carbonyl (C=O) groups is 1. The van der Waals surface area contributed by atoms with E-state index in [0.29, 0.717) is 22.6 Å². The van der Waals surface area contributed by atoms with E-state index in [1.165, 1.54) is 0 Å². The second-order valence-corrected chi connectivity index (χ2v) is 8.26. The number of ether oxygens (including phenoxy) is 2. The molecule has 0 spiro atoms. The fourth-order valence-corrected chi connectivity index (χ4v) is 3.78. The summed E-state index contributed by atoms with van der Waals surface area (Å²) < 4.78 is 16.7. The second kappa shape index (κ2) is 7.52. The maximum absolute atomic E-state index is 12.6. The molecular weight excluding hydrogens is 382 g/mol. The first-order chi connectivity index (χ1) is 14.3. The molecule has 6 nitrogen and oxygen atoms in total. The molecule has 1 aliphatic rings. The van der Waals surface area contributed by atoms with Crippen LogP contribution < -0.4 is 20.4 Å². The van der Waals surface area contributed by atoms with E-state index in [4.69, 9.17) is 13.9 Å². The second-order valence-electron chi connectivity index (χ2n) is 8.26. The minimum Gasteiger partial charge on any atom is -0.497 e. The highest BCUT2D eigenvalue weighted by atomic mass is 16.5. The Balaban J connectivity index is 1.62. The molecule has 30 heavy (non-hydrogen) atoms. The molecule has 0 bridgehead atoms. The Labute approximate surface area is 174 Å². The van der Waals surface area contributed by atoms with Crippen molar-refractivity contribution in [1.82, 2.24) is 0 Å². The predicted octanol–water partition coefficient (Wildman–Crippen LogP) is 4.39. The van der Waals surface area contributed by atoms with Gasteiger partial charge in [-0.3, -0.25) is 4.79 Å². The normalized spacial score (nSPS) is 14.7. The summed E-state index contributed by atoms with van der Waals surface area (Å²) in [5.74, 6) is 1.18. The van der Waals surface area contributed by atoms with E-state index in [1.54, 1.807) is 37.4 Å². The van der Waals surface area contributed by atoms with Crippen molar-refractivity contribution in [3.8, 4) is 11.5 Å². The lowest BCUT2D eigenvalue weighted by molar-refractivity contribution is -0.115. The average molecular weight is 407 g/mol. The van der Waals surface area contributed by atoms with Gasteiger partial charge in [0, 0.05) is 17.1 Å². The third kappa shape index (κ3) is 3.90. The molecule has 4 rings (SSSR count). The van der Waals surface area contributed by atoms with Crippen molar-refractivity contribution in [3.63, 3.8) is 0 Å². The molecule has 6 heteroatoms. The van der Waals surface area contributed by atoms with Crippen molar-refractivity contribution in [2.75, 3.05) is 12.4 Å². The summed E-state index contributed by atoms with van der Waals surface area (Å²) in [5.41, 5.74) is 2.59. The number of fused-ring (bicyclic) bond motifs is 2. The standard InChI is InChI=1S/C24H25NO5/c1-14-18-11-15-9-10-24(2,3)30-20(15)13-21(18)29-23(27)19(14)12-22(26)25-16-5-7-17(28-4)8-6-16/h5-8,11,13H,9-10,12H2,1-4H3,(H,25,26). The number of anilines is 1. The van der Waals surface area contributed by atoms with Gasteiger partial charge in [0.1, 0.15) is 22.7 Å². The number of amides is 1. The fraction of sp³-hybridized carbons (Fsp3) is 0.333. The van der Waals surface area contributed by atoms with Crippen molar-refractivity contribution >= 4 is 22.6 Å². The van der Waals surface area contributed by atoms with Gasteiger partial charge < -0.3 is 19.2 Å². The van der Waals surface area contributed by atoms with Gasteiger partial charge in [0.15, 0.2) is 0 Å². The van der Waals surface area contributed by atoms with Crippen LogP contribution in [0.25, 0.3) is 11.0 Å². The van der Waals surface area contributed by atoms with E-state index in [0.717, 1.165) is 35.1 Å². The summed E-state index contributed by atoms with van der Waals surface area (Å²) >= 11 is 0. The van der Waals surface area contributed by atoms with Crippen LogP contribution in [-0.2, 0) is 17.6 Å². The number of aryl methyl sites for hydroxylation is 2. The number of hydrogen-bond donors (Lipinski definition) is 1. The maximum atomic E-state index is 12.6. The quantitative estimate of drug-likeness (QED) is 0.649. The van der Waals surface area contributed by atoms with Gasteiger partial charge in [-0.25, -0.2) is 4.79 Å². The molecule has 0 saturated carbocycles. The van der Waals surface area contributed by atoms with Crippen molar-refractivity contribution < 1.29 is 18.7 Å². The summed E-state index contributed by atoms with van der Waals surface area (Å²) in [5, 5.41) is 3.65. The average Bonchev–Trinajstić information content (AvgIpc) is 2.70. The van der Waals surface area contributed by atoms with E-state index < -0.39 is 5.63 Å². The molecule has 2 aromatic carbocycles. The molecule has 0 saturated heterocycles. The molecule has 0 atom stereocenters. The zero-order valence-electron chi connectivity index (χ0n) is 17.6. The minimum atomic E-state index is -0.500. The van der Waals surface area contributed by atoms with E-state index in [1.807, 2.05) is 26.8 Å². The first-order valence-electron chi connectivity index (χ1n) is 9.98. The lowest BCUT2D eigenvalue weighted by Crippen LogP contribution is -2.32. The summed E-state index contributed by atoms with van der Waals surface area (Å²) in [6.45, 7) is 5.95. The van der Waals surface area contributed by atoms with E-state index in [9.17, 15) is 9.59 Å². The van der Waals surface area contributed by atoms with Crippen molar-refractivity contribution in [2.45, 2.75) is 45.6 Å². The van der Waals surface area contributed by atoms with E-state index >= 15 is 0 Å². The van der Waals surface area contributed by atoms with Crippen LogP contribution in [0.4, 0.5) is 5.69 Å². The van der Waals surface area contributed by atoms with Crippen molar-refractivity contribution in [3.05, 3.63) is 63.5 Å². The highest BCUT2D eigenvalue weighted by Crippen LogP contribution is 2.36. The molecule has 0 aliphatic carbocycles. The molecular formula is C24H25NO5. The van der Waals surface area contributed by atoms with E-state index in [-0.39, 0.29) is 17.9 Å². The summed E-state index contributed by atoms with van der Waals surface area (Å²) in [6.07, 6.45) is 1.75. The number of hydrogen-bond acceptors (Lipinski definition) is 5. The zero-order chi connectivity index (χ0) is 21.5. The molecule has 0 unspecified atom stereocenters. The topological polar surface area (TPSA) is 77.8 Å². The molecule has 0 radical (unpaired) electrons. The van der Waals surface area contributed by atoms with Crippen LogP contribution in [0, 0.1) is 6.92 Å². The summed E-state index contributed by atoms with van der Waals surface area (Å²) in [6, 6.07) is 10.8. The van der Waals surface area contributed by atoms with Gasteiger partial charge in [-0.15, -0.1) is 0 Å². The van der Waals surface area contributed by atoms with Gasteiger partial charge in [-0.1, -0.05) is 0 Å². The van der Waals surface area contributed by atoms with Crippen molar-refractivity contribution in [1.29, 1.82) is 0 Å². The van der Waals surface area contributed by atoms with E-state index in [2.05, 4.69) is 5.32 Å². The van der Waals surface area contributed by atoms with Gasteiger partial charge in [0.2, 0.25) is 5.91 Å². The number of nitrogens with one attached hydrogen (secondary N) is 1. The zero-order valence-corrected chi connectivity index (χ0v) is 17.6. The fourth-order valence-electron chi connectivity index (χ4n) is 3.78. The number of rotatable bonds is 4. The molecule has 1 amide bonds. The smallest absolute Gasteiger partial charge is 0.340 e. The molecule has 2 heterocycles. The van der Waals surface area contributed by atoms with Crippen molar-refractivity contribution in [2.24, 2.45) is 0 Å². The molecule has 1 aromatic heterocycles. The number of benzene rings is 2. The minimum absolute atomic E-state index is 0.0588. The highest BCUT2D eigenvalue weighted by molar-refractivity contribution is 5.93. The van der Waals surface area contributed by atoms with Crippen LogP contribution in [-0.4, -0.2) is 18.6 Å². The van der Waals surface area contributed by atoms with Gasteiger partial charge in [-0.2, -0.15) is 0 Å². The Kier molecular flexibility index (Phi) is 5.02. The first-order valence-corrected chi connectivity index (χ1v) is 9.98. The summed E-state index contributed by atoms with van der Waals surface area (Å²) in [4.78, 5) is 25.2. The van der Waals surface area contributed by atoms with Gasteiger partial charge in [0.25, 0.3) is 0 Å². The molecule has 1 N–H and O–H groups in total. The number of methoxy groups -OCH3 is 1. The number of carbonyl (C=O) groups excluding carboxylic acids is 1. The Morgan fingerprint density at radius 2 is 1.93 bits per heavy atom. The molecule has 1 aliphatic heterocycles.